The summed E-state index contributed by atoms with van der Waals surface area (Å²) in [6.45, 7) is 13.2. The Morgan fingerprint density at radius 1 is 0.589 bits per heavy atom. The topological polar surface area (TPSA) is 117 Å². The molecule has 1 N–H and O–H groups in total. The van der Waals surface area contributed by atoms with Crippen molar-refractivity contribution in [3.05, 3.63) is 12.7 Å². The molecule has 0 aliphatic carbocycles. The summed E-state index contributed by atoms with van der Waals surface area (Å²) in [5.74, 6) is -0.816. The zero-order chi connectivity index (χ0) is 41.5. The summed E-state index contributed by atoms with van der Waals surface area (Å²) in [5.41, 5.74) is -0.740. The lowest BCUT2D eigenvalue weighted by molar-refractivity contribution is -0.157. The van der Waals surface area contributed by atoms with Crippen LogP contribution >= 0.6 is 11.8 Å². The van der Waals surface area contributed by atoms with Crippen molar-refractivity contribution in [1.29, 1.82) is 0 Å². The highest BCUT2D eigenvalue weighted by atomic mass is 32.2. The van der Waals surface area contributed by atoms with Crippen LogP contribution in [-0.2, 0) is 33.3 Å². The molecule has 2 atom stereocenters. The van der Waals surface area contributed by atoms with Crippen molar-refractivity contribution in [2.75, 3.05) is 24.7 Å². The summed E-state index contributed by atoms with van der Waals surface area (Å²) in [7, 11) is 0. The molecule has 0 aromatic rings. The molecule has 0 aromatic carbocycles. The first-order chi connectivity index (χ1) is 27.0. The quantitative estimate of drug-likeness (QED) is 0.0280. The largest absolute Gasteiger partial charge is 0.462 e. The van der Waals surface area contributed by atoms with Gasteiger partial charge in [0.2, 0.25) is 0 Å². The molecule has 0 spiro atoms. The van der Waals surface area contributed by atoms with Gasteiger partial charge in [-0.2, -0.15) is 11.8 Å². The molecule has 1 unspecified atom stereocenters. The smallest absolute Gasteiger partial charge is 0.408 e. The van der Waals surface area contributed by atoms with Crippen molar-refractivity contribution >= 4 is 35.8 Å². The molecule has 0 heterocycles. The minimum absolute atomic E-state index is 0.00460. The first-order valence-corrected chi connectivity index (χ1v) is 23.9. The number of nitrogens with one attached hydrogen (secondary N) is 1. The summed E-state index contributed by atoms with van der Waals surface area (Å²) in [6, 6.07) is -0.991. The fourth-order valence-corrected chi connectivity index (χ4v) is 7.39. The fraction of sp³-hybridized carbons (Fsp3) is 0.870. The third kappa shape index (κ3) is 37.4. The molecule has 0 fully saturated rings. The Bertz CT molecular complexity index is 985. The molecule has 0 rings (SSSR count). The van der Waals surface area contributed by atoms with Crippen LogP contribution in [0.25, 0.3) is 0 Å². The first-order valence-electron chi connectivity index (χ1n) is 22.7. The molecule has 328 valence electrons. The van der Waals surface area contributed by atoms with Gasteiger partial charge in [-0.3, -0.25) is 9.59 Å². The Morgan fingerprint density at radius 3 is 1.41 bits per heavy atom. The normalized spacial score (nSPS) is 12.4. The van der Waals surface area contributed by atoms with E-state index < -0.39 is 29.8 Å². The zero-order valence-electron chi connectivity index (χ0n) is 36.7. The molecule has 0 aliphatic heterocycles. The van der Waals surface area contributed by atoms with Crippen LogP contribution in [0, 0.1) is 0 Å². The van der Waals surface area contributed by atoms with Crippen molar-refractivity contribution in [3.63, 3.8) is 0 Å². The summed E-state index contributed by atoms with van der Waals surface area (Å²) in [6.07, 6.45) is 32.7. The SMILES string of the molecule is C=CCOC(=O)[C@H](CSCC(COC(=O)CCCCCCCCCCCCCCC)OC(=O)CCCCCCCCCCCCCCC)NC(=O)OC(C)(C)C. The van der Waals surface area contributed by atoms with Gasteiger partial charge in [0.05, 0.1) is 0 Å². The highest BCUT2D eigenvalue weighted by Gasteiger charge is 2.27. The van der Waals surface area contributed by atoms with E-state index in [1.165, 1.54) is 146 Å². The van der Waals surface area contributed by atoms with Crippen LogP contribution in [0.4, 0.5) is 4.79 Å². The second-order valence-electron chi connectivity index (χ2n) is 16.4. The number of thioether (sulfide) groups is 1. The van der Waals surface area contributed by atoms with Gasteiger partial charge in [-0.1, -0.05) is 181 Å². The number of esters is 3. The molecule has 10 heteroatoms. The summed E-state index contributed by atoms with van der Waals surface area (Å²) in [4.78, 5) is 50.7. The molecular formula is C46H85NO8S. The number of carbonyl (C=O) groups is 4. The standard InChI is InChI=1S/C46H85NO8S/c1-7-10-12-14-16-18-20-22-24-26-28-30-32-34-42(48)53-37-40(38-56-39-41(44(50)52-36-9-3)47-45(51)55-46(4,5)6)54-43(49)35-33-31-29-27-25-23-21-19-17-15-13-11-8-2/h9,40-41H,3,7-8,10-39H2,1-2,4-6H3,(H,47,51)/t40?,41-/m0/s1. The second kappa shape index (κ2) is 38.3. The van der Waals surface area contributed by atoms with Crippen molar-refractivity contribution in [2.45, 2.75) is 232 Å². The van der Waals surface area contributed by atoms with E-state index >= 15 is 0 Å². The van der Waals surface area contributed by atoms with Crippen LogP contribution < -0.4 is 5.32 Å². The van der Waals surface area contributed by atoms with Gasteiger partial charge in [-0.05, 0) is 33.6 Å². The number of ether oxygens (including phenoxy) is 4. The zero-order valence-corrected chi connectivity index (χ0v) is 37.6. The lowest BCUT2D eigenvalue weighted by Crippen LogP contribution is -2.46. The van der Waals surface area contributed by atoms with Crippen LogP contribution in [0.2, 0.25) is 0 Å². The van der Waals surface area contributed by atoms with Gasteiger partial charge < -0.3 is 24.3 Å². The van der Waals surface area contributed by atoms with Crippen molar-refractivity contribution in [3.8, 4) is 0 Å². The molecule has 0 aromatic heterocycles. The van der Waals surface area contributed by atoms with E-state index in [0.717, 1.165) is 38.5 Å². The van der Waals surface area contributed by atoms with Crippen molar-refractivity contribution in [1.82, 2.24) is 5.32 Å². The average molecular weight is 812 g/mol. The van der Waals surface area contributed by atoms with Crippen LogP contribution in [0.15, 0.2) is 12.7 Å². The van der Waals surface area contributed by atoms with Crippen LogP contribution in [0.3, 0.4) is 0 Å². The lowest BCUT2D eigenvalue weighted by Gasteiger charge is -2.23. The van der Waals surface area contributed by atoms with E-state index in [-0.39, 0.29) is 36.7 Å². The van der Waals surface area contributed by atoms with Gasteiger partial charge in [0, 0.05) is 24.3 Å². The number of unbranched alkanes of at least 4 members (excludes halogenated alkanes) is 24. The maximum Gasteiger partial charge on any atom is 0.408 e. The Labute approximate surface area is 347 Å². The predicted octanol–water partition coefficient (Wildman–Crippen LogP) is 12.8. The third-order valence-corrected chi connectivity index (χ3v) is 10.8. The molecule has 0 bridgehead atoms. The number of hydrogen-bond acceptors (Lipinski definition) is 9. The molecule has 0 saturated heterocycles. The Hall–Kier alpha value is -2.23. The molecule has 9 nitrogen and oxygen atoms in total. The number of rotatable bonds is 39. The number of amides is 1. The number of carbonyl (C=O) groups excluding carboxylic acids is 4. The van der Waals surface area contributed by atoms with Crippen LogP contribution in [0.5, 0.6) is 0 Å². The van der Waals surface area contributed by atoms with E-state index in [9.17, 15) is 19.2 Å². The van der Waals surface area contributed by atoms with E-state index in [1.807, 2.05) is 0 Å². The minimum atomic E-state index is -0.991. The third-order valence-electron chi connectivity index (χ3n) is 9.60. The van der Waals surface area contributed by atoms with Gasteiger partial charge in [0.25, 0.3) is 0 Å². The highest BCUT2D eigenvalue weighted by Crippen LogP contribution is 2.17. The van der Waals surface area contributed by atoms with E-state index in [2.05, 4.69) is 25.7 Å². The highest BCUT2D eigenvalue weighted by molar-refractivity contribution is 7.99. The van der Waals surface area contributed by atoms with Gasteiger partial charge in [-0.25, -0.2) is 9.59 Å². The van der Waals surface area contributed by atoms with Crippen LogP contribution in [-0.4, -0.2) is 66.5 Å². The maximum atomic E-state index is 12.9. The van der Waals surface area contributed by atoms with E-state index in [1.54, 1.807) is 20.8 Å². The van der Waals surface area contributed by atoms with Gasteiger partial charge in [-0.15, -0.1) is 0 Å². The van der Waals surface area contributed by atoms with Gasteiger partial charge >= 0.3 is 24.0 Å². The molecular weight excluding hydrogens is 727 g/mol. The summed E-state index contributed by atoms with van der Waals surface area (Å²) in [5, 5.41) is 2.59. The molecule has 0 saturated carbocycles. The summed E-state index contributed by atoms with van der Waals surface area (Å²) >= 11 is 1.30. The van der Waals surface area contributed by atoms with Crippen molar-refractivity contribution < 1.29 is 38.1 Å². The summed E-state index contributed by atoms with van der Waals surface area (Å²) < 4.78 is 21.9. The predicted molar refractivity (Wildman–Crippen MR) is 233 cm³/mol. The first kappa shape index (κ1) is 53.8. The fourth-order valence-electron chi connectivity index (χ4n) is 6.37. The number of hydrogen-bond donors (Lipinski definition) is 1. The number of alkyl carbamates (subject to hydrolysis) is 1. The molecule has 0 aliphatic rings. The van der Waals surface area contributed by atoms with Crippen molar-refractivity contribution in [2.24, 2.45) is 0 Å². The Balaban J connectivity index is 4.78. The van der Waals surface area contributed by atoms with Gasteiger partial charge in [0.15, 0.2) is 0 Å². The average Bonchev–Trinajstić information content (AvgIpc) is 3.15. The van der Waals surface area contributed by atoms with Crippen LogP contribution in [0.1, 0.15) is 214 Å². The lowest BCUT2D eigenvalue weighted by atomic mass is 10.0. The maximum absolute atomic E-state index is 12.9. The Morgan fingerprint density at radius 2 is 1.00 bits per heavy atom. The minimum Gasteiger partial charge on any atom is -0.462 e. The van der Waals surface area contributed by atoms with E-state index in [0.29, 0.717) is 12.8 Å². The molecule has 56 heavy (non-hydrogen) atoms. The molecule has 1 amide bonds. The monoisotopic (exact) mass is 812 g/mol. The second-order valence-corrected chi connectivity index (χ2v) is 17.5. The Kier molecular flexibility index (Phi) is 36.8. The molecule has 0 radical (unpaired) electrons. The van der Waals surface area contributed by atoms with E-state index in [4.69, 9.17) is 18.9 Å². The van der Waals surface area contributed by atoms with Gasteiger partial charge in [0.1, 0.15) is 31.0 Å².